The maximum absolute atomic E-state index is 13.1. The third-order valence-corrected chi connectivity index (χ3v) is 4.65. The number of para-hydroxylation sites is 2. The Morgan fingerprint density at radius 1 is 1.03 bits per heavy atom. The summed E-state index contributed by atoms with van der Waals surface area (Å²) in [5, 5.41) is 3.56. The van der Waals surface area contributed by atoms with Gasteiger partial charge in [-0.1, -0.05) is 36.4 Å². The van der Waals surface area contributed by atoms with Crippen LogP contribution in [-0.2, 0) is 4.74 Å². The van der Waals surface area contributed by atoms with Crippen LogP contribution in [0.2, 0.25) is 0 Å². The number of rotatable bonds is 5. The normalized spacial score (nSPS) is 10.7. The molecule has 0 saturated heterocycles. The highest BCUT2D eigenvalue weighted by Crippen LogP contribution is 2.27. The van der Waals surface area contributed by atoms with E-state index in [-0.39, 0.29) is 23.1 Å². The number of fused-ring (bicyclic) bond motifs is 1. The van der Waals surface area contributed by atoms with Gasteiger partial charge in [-0.25, -0.2) is 9.78 Å². The smallest absolute Gasteiger partial charge is 0.357 e. The zero-order chi connectivity index (χ0) is 21.1. The van der Waals surface area contributed by atoms with Gasteiger partial charge in [-0.05, 0) is 44.2 Å². The van der Waals surface area contributed by atoms with E-state index in [4.69, 9.17) is 4.74 Å². The Morgan fingerprint density at radius 3 is 2.37 bits per heavy atom. The second-order valence-corrected chi connectivity index (χ2v) is 6.78. The lowest BCUT2D eigenvalue weighted by Crippen LogP contribution is -2.18. The van der Waals surface area contributed by atoms with Crippen LogP contribution >= 0.6 is 0 Å². The lowest BCUT2D eigenvalue weighted by Gasteiger charge is -2.19. The van der Waals surface area contributed by atoms with Gasteiger partial charge in [0.05, 0.1) is 17.5 Å². The summed E-state index contributed by atoms with van der Waals surface area (Å²) in [5.74, 6) is -0.0167. The predicted octanol–water partition coefficient (Wildman–Crippen LogP) is 4.61. The first kappa shape index (κ1) is 19.4. The third-order valence-electron chi connectivity index (χ3n) is 4.65. The molecule has 0 atom stereocenters. The number of ether oxygens (including phenoxy) is 1. The fourth-order valence-corrected chi connectivity index (χ4v) is 3.43. The van der Waals surface area contributed by atoms with E-state index in [1.165, 1.54) is 6.07 Å². The van der Waals surface area contributed by atoms with Gasteiger partial charge in [-0.3, -0.25) is 9.36 Å². The topological polar surface area (TPSA) is 73.2 Å². The monoisotopic (exact) mass is 399 g/mol. The largest absolute Gasteiger partial charge is 0.461 e. The van der Waals surface area contributed by atoms with Gasteiger partial charge in [0.1, 0.15) is 5.82 Å². The molecular weight excluding hydrogens is 378 g/mol. The molecule has 0 spiro atoms. The highest BCUT2D eigenvalue weighted by atomic mass is 16.5. The van der Waals surface area contributed by atoms with Gasteiger partial charge in [0.25, 0.3) is 0 Å². The molecule has 150 valence electrons. The quantitative estimate of drug-likeness (QED) is 0.496. The van der Waals surface area contributed by atoms with Crippen LogP contribution in [0.25, 0.3) is 16.6 Å². The van der Waals surface area contributed by atoms with Gasteiger partial charge in [0.2, 0.25) is 0 Å². The van der Waals surface area contributed by atoms with E-state index in [2.05, 4.69) is 10.3 Å². The summed E-state index contributed by atoms with van der Waals surface area (Å²) in [5.41, 5.74) is 2.63. The number of nitrogens with zero attached hydrogens (tertiary/aromatic N) is 2. The molecule has 0 unspecified atom stereocenters. The van der Waals surface area contributed by atoms with E-state index in [0.29, 0.717) is 17.0 Å². The van der Waals surface area contributed by atoms with E-state index in [1.807, 2.05) is 71.3 Å². The molecule has 2 heterocycles. The number of pyridine rings is 2. The van der Waals surface area contributed by atoms with Crippen molar-refractivity contribution >= 4 is 28.4 Å². The van der Waals surface area contributed by atoms with Gasteiger partial charge in [-0.15, -0.1) is 0 Å². The van der Waals surface area contributed by atoms with Crippen LogP contribution in [0.4, 0.5) is 11.5 Å². The van der Waals surface area contributed by atoms with Gasteiger partial charge >= 0.3 is 5.97 Å². The molecule has 0 aliphatic rings. The number of hydrogen-bond donors (Lipinski definition) is 1. The third kappa shape index (κ3) is 3.67. The summed E-state index contributed by atoms with van der Waals surface area (Å²) in [6.07, 6.45) is 0. The van der Waals surface area contributed by atoms with E-state index in [9.17, 15) is 9.59 Å². The predicted molar refractivity (Wildman–Crippen MR) is 118 cm³/mol. The Bertz CT molecular complexity index is 1270. The summed E-state index contributed by atoms with van der Waals surface area (Å²) >= 11 is 0. The van der Waals surface area contributed by atoms with Crippen molar-refractivity contribution in [2.75, 3.05) is 11.9 Å². The van der Waals surface area contributed by atoms with Gasteiger partial charge < -0.3 is 10.1 Å². The average Bonchev–Trinajstić information content (AvgIpc) is 2.74. The van der Waals surface area contributed by atoms with Crippen LogP contribution in [0.3, 0.4) is 0 Å². The highest BCUT2D eigenvalue weighted by Gasteiger charge is 2.21. The molecule has 4 aromatic rings. The fourth-order valence-electron chi connectivity index (χ4n) is 3.43. The second-order valence-electron chi connectivity index (χ2n) is 6.78. The average molecular weight is 399 g/mol. The van der Waals surface area contributed by atoms with Crippen molar-refractivity contribution in [3.05, 3.63) is 94.4 Å². The number of carbonyl (C=O) groups excluding carboxylic acids is 1. The van der Waals surface area contributed by atoms with Crippen molar-refractivity contribution in [1.82, 2.24) is 9.55 Å². The molecule has 2 aromatic carbocycles. The number of nitrogens with one attached hydrogen (secondary N) is 1. The van der Waals surface area contributed by atoms with Crippen molar-refractivity contribution in [1.29, 1.82) is 0 Å². The van der Waals surface area contributed by atoms with Crippen molar-refractivity contribution in [3.8, 4) is 5.69 Å². The Hall–Kier alpha value is -3.93. The molecule has 6 nitrogen and oxygen atoms in total. The van der Waals surface area contributed by atoms with Gasteiger partial charge in [0, 0.05) is 23.1 Å². The summed E-state index contributed by atoms with van der Waals surface area (Å²) in [6, 6.07) is 22.6. The number of aryl methyl sites for hydroxylation is 1. The fraction of sp³-hybridized carbons (Fsp3) is 0.125. The van der Waals surface area contributed by atoms with E-state index in [1.54, 1.807) is 13.8 Å². The zero-order valence-electron chi connectivity index (χ0n) is 16.8. The van der Waals surface area contributed by atoms with E-state index >= 15 is 0 Å². The molecular formula is C24H21N3O3. The molecule has 0 bridgehead atoms. The van der Waals surface area contributed by atoms with Crippen LogP contribution in [-0.4, -0.2) is 22.1 Å². The lowest BCUT2D eigenvalue weighted by atomic mass is 10.1. The Kier molecular flexibility index (Phi) is 5.30. The van der Waals surface area contributed by atoms with Crippen LogP contribution in [0.5, 0.6) is 0 Å². The molecule has 6 heteroatoms. The molecule has 2 aromatic heterocycles. The summed E-state index contributed by atoms with van der Waals surface area (Å²) in [7, 11) is 0. The minimum atomic E-state index is -0.605. The minimum Gasteiger partial charge on any atom is -0.461 e. The van der Waals surface area contributed by atoms with Crippen LogP contribution < -0.4 is 10.7 Å². The maximum Gasteiger partial charge on any atom is 0.357 e. The molecule has 0 aliphatic heterocycles. The van der Waals surface area contributed by atoms with Crippen LogP contribution in [0.15, 0.2) is 77.6 Å². The SMILES string of the molecule is CCOC(=O)c1nc(C)cc2c1c(=O)cc(Nc1ccccc1)n2-c1ccccc1. The Balaban J connectivity index is 2.05. The second kappa shape index (κ2) is 8.21. The Morgan fingerprint density at radius 2 is 1.70 bits per heavy atom. The number of carbonyl (C=O) groups is 1. The molecule has 0 fully saturated rings. The van der Waals surface area contributed by atoms with E-state index in [0.717, 1.165) is 11.4 Å². The number of aromatic nitrogens is 2. The molecule has 4 rings (SSSR count). The Labute approximate surface area is 173 Å². The van der Waals surface area contributed by atoms with Crippen molar-refractivity contribution in [2.24, 2.45) is 0 Å². The first-order valence-electron chi connectivity index (χ1n) is 9.70. The lowest BCUT2D eigenvalue weighted by molar-refractivity contribution is 0.0521. The van der Waals surface area contributed by atoms with Gasteiger partial charge in [-0.2, -0.15) is 0 Å². The molecule has 1 N–H and O–H groups in total. The van der Waals surface area contributed by atoms with Crippen LogP contribution in [0.1, 0.15) is 23.1 Å². The first-order valence-corrected chi connectivity index (χ1v) is 9.70. The van der Waals surface area contributed by atoms with Gasteiger partial charge in [0.15, 0.2) is 11.1 Å². The first-order chi connectivity index (χ1) is 14.6. The number of anilines is 2. The highest BCUT2D eigenvalue weighted by molar-refractivity contribution is 6.02. The molecule has 30 heavy (non-hydrogen) atoms. The molecule has 0 radical (unpaired) electrons. The van der Waals surface area contributed by atoms with Crippen LogP contribution in [0, 0.1) is 6.92 Å². The van der Waals surface area contributed by atoms with E-state index < -0.39 is 5.97 Å². The van der Waals surface area contributed by atoms with Crippen molar-refractivity contribution in [3.63, 3.8) is 0 Å². The standard InChI is InChI=1S/C24H21N3O3/c1-3-30-24(29)23-22-19(14-16(2)25-23)27(18-12-8-5-9-13-18)21(15-20(22)28)26-17-10-6-4-7-11-17/h4-15,26H,3H2,1-2H3. The number of esters is 1. The molecule has 0 amide bonds. The summed E-state index contributed by atoms with van der Waals surface area (Å²) in [4.78, 5) is 30.0. The number of benzene rings is 2. The molecule has 0 aliphatic carbocycles. The summed E-state index contributed by atoms with van der Waals surface area (Å²) in [6.45, 7) is 3.72. The minimum absolute atomic E-state index is 0.0350. The maximum atomic E-state index is 13.1. The molecule has 0 saturated carbocycles. The number of hydrogen-bond acceptors (Lipinski definition) is 5. The zero-order valence-corrected chi connectivity index (χ0v) is 16.8. The summed E-state index contributed by atoms with van der Waals surface area (Å²) < 4.78 is 7.07. The van der Waals surface area contributed by atoms with Crippen molar-refractivity contribution in [2.45, 2.75) is 13.8 Å². The van der Waals surface area contributed by atoms with Crippen molar-refractivity contribution < 1.29 is 9.53 Å².